The summed E-state index contributed by atoms with van der Waals surface area (Å²) in [5, 5.41) is 8.25. The van der Waals surface area contributed by atoms with Crippen LogP contribution in [0.15, 0.2) is 30.3 Å². The number of nitrogens with one attached hydrogen (secondary N) is 1. The Hall–Kier alpha value is -1.35. The molecule has 0 aliphatic carbocycles. The molecule has 3 nitrogen and oxygen atoms in total. The number of piperidine rings is 1. The monoisotopic (exact) mass is 245 g/mol. The highest BCUT2D eigenvalue weighted by atomic mass is 15.2. The Morgan fingerprint density at radius 2 is 1.83 bits per heavy atom. The van der Waals surface area contributed by atoms with E-state index in [1.807, 2.05) is 30.3 Å². The van der Waals surface area contributed by atoms with Crippen LogP contribution in [0.5, 0.6) is 0 Å². The molecule has 0 spiro atoms. The summed E-state index contributed by atoms with van der Waals surface area (Å²) in [6.07, 6.45) is 2.40. The van der Waals surface area contributed by atoms with E-state index in [1.54, 1.807) is 0 Å². The molecule has 1 aliphatic heterocycles. The molecular weight excluding hydrogens is 222 g/mol. The minimum absolute atomic E-state index is 0.680. The molecule has 1 fully saturated rings. The van der Waals surface area contributed by atoms with Crippen molar-refractivity contribution in [3.05, 3.63) is 35.9 Å². The van der Waals surface area contributed by atoms with E-state index in [0.717, 1.165) is 24.6 Å². The van der Waals surface area contributed by atoms with Crippen molar-refractivity contribution < 1.29 is 0 Å². The number of rotatable bonds is 3. The quantitative estimate of drug-likeness (QED) is 0.654. The molecule has 0 unspecified atom stereocenters. The van der Waals surface area contributed by atoms with E-state index in [9.17, 15) is 0 Å². The van der Waals surface area contributed by atoms with Gasteiger partial charge in [-0.3, -0.25) is 5.41 Å². The first-order chi connectivity index (χ1) is 8.66. The Morgan fingerprint density at radius 1 is 1.22 bits per heavy atom. The molecule has 1 aliphatic rings. The molecule has 1 heterocycles. The van der Waals surface area contributed by atoms with E-state index < -0.39 is 0 Å². The van der Waals surface area contributed by atoms with Gasteiger partial charge in [0.05, 0.1) is 0 Å². The maximum Gasteiger partial charge on any atom is 0.128 e. The SMILES string of the molecule is CN(C)CC1CCN(C(=N)c2ccccc2)CC1. The second-order valence-corrected chi connectivity index (χ2v) is 5.41. The summed E-state index contributed by atoms with van der Waals surface area (Å²) in [6, 6.07) is 10.0. The van der Waals surface area contributed by atoms with Crippen molar-refractivity contribution in [3.63, 3.8) is 0 Å². The number of hydrogen-bond donors (Lipinski definition) is 1. The molecule has 3 heteroatoms. The van der Waals surface area contributed by atoms with Gasteiger partial charge in [0.15, 0.2) is 0 Å². The first-order valence-electron chi connectivity index (χ1n) is 6.70. The van der Waals surface area contributed by atoms with Gasteiger partial charge in [-0.2, -0.15) is 0 Å². The lowest BCUT2D eigenvalue weighted by molar-refractivity contribution is 0.219. The highest BCUT2D eigenvalue weighted by molar-refractivity contribution is 5.96. The Morgan fingerprint density at radius 3 is 2.39 bits per heavy atom. The van der Waals surface area contributed by atoms with Gasteiger partial charge in [-0.15, -0.1) is 0 Å². The van der Waals surface area contributed by atoms with Crippen molar-refractivity contribution in [1.29, 1.82) is 5.41 Å². The molecule has 2 rings (SSSR count). The van der Waals surface area contributed by atoms with Gasteiger partial charge in [0.1, 0.15) is 5.84 Å². The minimum atomic E-state index is 0.680. The molecular formula is C15H23N3. The number of benzene rings is 1. The van der Waals surface area contributed by atoms with Crippen molar-refractivity contribution in [2.75, 3.05) is 33.7 Å². The highest BCUT2D eigenvalue weighted by Crippen LogP contribution is 2.19. The highest BCUT2D eigenvalue weighted by Gasteiger charge is 2.21. The molecule has 1 N–H and O–H groups in total. The fourth-order valence-corrected chi connectivity index (χ4v) is 2.63. The minimum Gasteiger partial charge on any atom is -0.357 e. The van der Waals surface area contributed by atoms with Gasteiger partial charge in [0.25, 0.3) is 0 Å². The first-order valence-corrected chi connectivity index (χ1v) is 6.70. The van der Waals surface area contributed by atoms with Crippen molar-refractivity contribution in [2.24, 2.45) is 5.92 Å². The van der Waals surface area contributed by atoms with Gasteiger partial charge in [-0.25, -0.2) is 0 Å². The summed E-state index contributed by atoms with van der Waals surface area (Å²) in [4.78, 5) is 4.48. The smallest absolute Gasteiger partial charge is 0.128 e. The van der Waals surface area contributed by atoms with Crippen LogP contribution in [0.2, 0.25) is 0 Å². The van der Waals surface area contributed by atoms with E-state index in [4.69, 9.17) is 5.41 Å². The van der Waals surface area contributed by atoms with Gasteiger partial charge < -0.3 is 9.80 Å². The summed E-state index contributed by atoms with van der Waals surface area (Å²) in [7, 11) is 4.27. The number of nitrogens with zero attached hydrogens (tertiary/aromatic N) is 2. The van der Waals surface area contributed by atoms with Gasteiger partial charge in [0, 0.05) is 25.2 Å². The third-order valence-electron chi connectivity index (χ3n) is 3.60. The molecule has 98 valence electrons. The van der Waals surface area contributed by atoms with E-state index in [-0.39, 0.29) is 0 Å². The molecule has 1 aromatic rings. The predicted molar refractivity (Wildman–Crippen MR) is 76.1 cm³/mol. The van der Waals surface area contributed by atoms with E-state index in [2.05, 4.69) is 23.9 Å². The van der Waals surface area contributed by atoms with Gasteiger partial charge in [-0.05, 0) is 32.9 Å². The topological polar surface area (TPSA) is 30.3 Å². The van der Waals surface area contributed by atoms with E-state index >= 15 is 0 Å². The number of hydrogen-bond acceptors (Lipinski definition) is 2. The van der Waals surface area contributed by atoms with E-state index in [0.29, 0.717) is 5.84 Å². The van der Waals surface area contributed by atoms with E-state index in [1.165, 1.54) is 19.4 Å². The first kappa shape index (κ1) is 13.1. The molecule has 0 atom stereocenters. The van der Waals surface area contributed by atoms with Crippen LogP contribution in [0.1, 0.15) is 18.4 Å². The van der Waals surface area contributed by atoms with Crippen LogP contribution < -0.4 is 0 Å². The summed E-state index contributed by atoms with van der Waals surface area (Å²) in [5.41, 5.74) is 1.03. The van der Waals surface area contributed by atoms with Crippen LogP contribution in [0.4, 0.5) is 0 Å². The zero-order valence-corrected chi connectivity index (χ0v) is 11.4. The lowest BCUT2D eigenvalue weighted by Gasteiger charge is -2.34. The summed E-state index contributed by atoms with van der Waals surface area (Å²) in [6.45, 7) is 3.21. The number of likely N-dealkylation sites (tertiary alicyclic amines) is 1. The van der Waals surface area contributed by atoms with Crippen molar-refractivity contribution >= 4 is 5.84 Å². The fourth-order valence-electron chi connectivity index (χ4n) is 2.63. The Kier molecular flexibility index (Phi) is 4.37. The lowest BCUT2D eigenvalue weighted by Crippen LogP contribution is -2.40. The third kappa shape index (κ3) is 3.33. The zero-order chi connectivity index (χ0) is 13.0. The van der Waals surface area contributed by atoms with Crippen LogP contribution in [-0.4, -0.2) is 49.4 Å². The molecule has 0 amide bonds. The largest absolute Gasteiger partial charge is 0.357 e. The average Bonchev–Trinajstić information content (AvgIpc) is 2.39. The fraction of sp³-hybridized carbons (Fsp3) is 0.533. The number of amidine groups is 1. The predicted octanol–water partition coefficient (Wildman–Crippen LogP) is 2.29. The molecule has 0 bridgehead atoms. The zero-order valence-electron chi connectivity index (χ0n) is 11.4. The summed E-state index contributed by atoms with van der Waals surface area (Å²) >= 11 is 0. The molecule has 0 radical (unpaired) electrons. The van der Waals surface area contributed by atoms with Crippen LogP contribution in [0, 0.1) is 11.3 Å². The molecule has 1 saturated heterocycles. The van der Waals surface area contributed by atoms with Crippen LogP contribution in [0.3, 0.4) is 0 Å². The average molecular weight is 245 g/mol. The Labute approximate surface area is 110 Å². The van der Waals surface area contributed by atoms with Crippen molar-refractivity contribution in [1.82, 2.24) is 9.80 Å². The van der Waals surface area contributed by atoms with Crippen molar-refractivity contribution in [3.8, 4) is 0 Å². The maximum absolute atomic E-state index is 8.25. The van der Waals surface area contributed by atoms with Gasteiger partial charge in [0.2, 0.25) is 0 Å². The second kappa shape index (κ2) is 6.01. The molecule has 0 aromatic heterocycles. The Balaban J connectivity index is 1.88. The maximum atomic E-state index is 8.25. The molecule has 18 heavy (non-hydrogen) atoms. The lowest BCUT2D eigenvalue weighted by atomic mass is 9.96. The molecule has 0 saturated carbocycles. The summed E-state index contributed by atoms with van der Waals surface area (Å²) in [5.74, 6) is 1.47. The van der Waals surface area contributed by atoms with Crippen LogP contribution in [0.25, 0.3) is 0 Å². The normalized spacial score (nSPS) is 17.2. The molecule has 1 aromatic carbocycles. The summed E-state index contributed by atoms with van der Waals surface area (Å²) < 4.78 is 0. The van der Waals surface area contributed by atoms with Crippen molar-refractivity contribution in [2.45, 2.75) is 12.8 Å². The van der Waals surface area contributed by atoms with Crippen LogP contribution >= 0.6 is 0 Å². The standard InChI is InChI=1S/C15H23N3/c1-17(2)12-13-8-10-18(11-9-13)15(16)14-6-4-3-5-7-14/h3-7,13,16H,8-12H2,1-2H3. The van der Waals surface area contributed by atoms with Gasteiger partial charge in [-0.1, -0.05) is 30.3 Å². The third-order valence-corrected chi connectivity index (χ3v) is 3.60. The second-order valence-electron chi connectivity index (χ2n) is 5.41. The van der Waals surface area contributed by atoms with Gasteiger partial charge >= 0.3 is 0 Å². The van der Waals surface area contributed by atoms with Crippen LogP contribution in [-0.2, 0) is 0 Å². The Bertz CT molecular complexity index is 378.